The number of aromatic amines is 1. The molecule has 2 aromatic rings. The van der Waals surface area contributed by atoms with E-state index in [0.717, 1.165) is 0 Å². The first kappa shape index (κ1) is 30.7. The monoisotopic (exact) mass is 495 g/mol. The number of rotatable bonds is 24. The van der Waals surface area contributed by atoms with E-state index in [2.05, 4.69) is 66.1 Å². The molecule has 0 aliphatic carbocycles. The van der Waals surface area contributed by atoms with E-state index >= 15 is 0 Å². The second-order valence-electron chi connectivity index (χ2n) is 11.2. The van der Waals surface area contributed by atoms with Crippen LogP contribution in [0.25, 0.3) is 5.69 Å². The molecule has 0 spiro atoms. The minimum absolute atomic E-state index is 0.642. The van der Waals surface area contributed by atoms with E-state index in [1.807, 2.05) is 0 Å². The summed E-state index contributed by atoms with van der Waals surface area (Å²) in [4.78, 5) is 3.61. The zero-order valence-corrected chi connectivity index (χ0v) is 24.1. The number of H-pyrrole nitrogens is 1. The van der Waals surface area contributed by atoms with Crippen molar-refractivity contribution in [3.05, 3.63) is 48.5 Å². The van der Waals surface area contributed by atoms with E-state index < -0.39 is 0 Å². The fourth-order valence-electron chi connectivity index (χ4n) is 5.65. The van der Waals surface area contributed by atoms with Gasteiger partial charge in [0.25, 0.3) is 5.82 Å². The minimum atomic E-state index is 0.642. The average molecular weight is 496 g/mol. The van der Waals surface area contributed by atoms with Gasteiger partial charge in [0.1, 0.15) is 18.1 Å². The summed E-state index contributed by atoms with van der Waals surface area (Å²) in [5.41, 5.74) is 1.28. The normalized spacial score (nSPS) is 12.3. The Morgan fingerprint density at radius 2 is 0.972 bits per heavy atom. The van der Waals surface area contributed by atoms with Gasteiger partial charge in [-0.15, -0.1) is 0 Å². The van der Waals surface area contributed by atoms with Gasteiger partial charge in [0.05, 0.1) is 5.92 Å². The predicted octanol–water partition coefficient (Wildman–Crippen LogP) is 11.0. The highest BCUT2D eigenvalue weighted by atomic mass is 15.1. The SMILES string of the molecule is CCCCCCCCCCCCCCCCCC[C@H](CCCCCC)c1[nH]cc[n+]1-c1ccccc1. The maximum atomic E-state index is 3.61. The second-order valence-corrected chi connectivity index (χ2v) is 11.2. The van der Waals surface area contributed by atoms with Gasteiger partial charge < -0.3 is 0 Å². The second kappa shape index (κ2) is 21.5. The molecule has 0 bridgehead atoms. The van der Waals surface area contributed by atoms with Gasteiger partial charge in [0, 0.05) is 0 Å². The van der Waals surface area contributed by atoms with Crippen molar-refractivity contribution in [1.82, 2.24) is 4.98 Å². The topological polar surface area (TPSA) is 19.7 Å². The van der Waals surface area contributed by atoms with E-state index in [4.69, 9.17) is 0 Å². The Bertz CT molecular complexity index is 720. The Labute approximate surface area is 224 Å². The Morgan fingerprint density at radius 1 is 0.556 bits per heavy atom. The lowest BCUT2D eigenvalue weighted by molar-refractivity contribution is -0.604. The fraction of sp³-hybridized carbons (Fsp3) is 0.735. The first-order valence-electron chi connectivity index (χ1n) is 16.0. The molecule has 2 rings (SSSR count). The number of benzene rings is 1. The number of aromatic nitrogens is 2. The van der Waals surface area contributed by atoms with Crippen LogP contribution in [-0.4, -0.2) is 4.98 Å². The molecule has 0 saturated carbocycles. The fourth-order valence-corrected chi connectivity index (χ4v) is 5.65. The molecule has 0 radical (unpaired) electrons. The number of hydrogen-bond donors (Lipinski definition) is 1. The van der Waals surface area contributed by atoms with Crippen LogP contribution in [0, 0.1) is 0 Å². The first-order chi connectivity index (χ1) is 17.9. The number of para-hydroxylation sites is 1. The highest BCUT2D eigenvalue weighted by Crippen LogP contribution is 2.26. The number of imidazole rings is 1. The molecule has 1 aromatic heterocycles. The summed E-state index contributed by atoms with van der Waals surface area (Å²) in [5.74, 6) is 2.04. The van der Waals surface area contributed by atoms with Gasteiger partial charge in [-0.1, -0.05) is 160 Å². The van der Waals surface area contributed by atoms with Crippen molar-refractivity contribution in [2.75, 3.05) is 0 Å². The van der Waals surface area contributed by atoms with Crippen LogP contribution in [0.5, 0.6) is 0 Å². The molecule has 0 aliphatic rings. The number of nitrogens with one attached hydrogen (secondary N) is 1. The van der Waals surface area contributed by atoms with Gasteiger partial charge in [-0.25, -0.2) is 4.98 Å². The van der Waals surface area contributed by atoms with Crippen LogP contribution in [0.3, 0.4) is 0 Å². The third kappa shape index (κ3) is 13.7. The van der Waals surface area contributed by atoms with Gasteiger partial charge in [-0.3, -0.25) is 0 Å². The van der Waals surface area contributed by atoms with Crippen LogP contribution in [0.4, 0.5) is 0 Å². The molecule has 0 amide bonds. The Morgan fingerprint density at radius 3 is 1.44 bits per heavy atom. The van der Waals surface area contributed by atoms with E-state index in [1.165, 1.54) is 153 Å². The Balaban J connectivity index is 1.58. The average Bonchev–Trinajstić information content (AvgIpc) is 3.40. The van der Waals surface area contributed by atoms with E-state index in [-0.39, 0.29) is 0 Å². The lowest BCUT2D eigenvalue weighted by atomic mass is 9.93. The Hall–Kier alpha value is -1.57. The molecule has 2 nitrogen and oxygen atoms in total. The molecular formula is C34H59N2+. The Kier molecular flexibility index (Phi) is 18.3. The van der Waals surface area contributed by atoms with E-state index in [0.29, 0.717) is 5.92 Å². The first-order valence-corrected chi connectivity index (χ1v) is 16.0. The molecule has 1 N–H and O–H groups in total. The van der Waals surface area contributed by atoms with Crippen molar-refractivity contribution in [3.8, 4) is 5.69 Å². The lowest BCUT2D eigenvalue weighted by Crippen LogP contribution is -2.34. The third-order valence-corrected chi connectivity index (χ3v) is 7.95. The van der Waals surface area contributed by atoms with Gasteiger partial charge >= 0.3 is 0 Å². The van der Waals surface area contributed by atoms with Crippen LogP contribution in [-0.2, 0) is 0 Å². The highest BCUT2D eigenvalue weighted by molar-refractivity contribution is 5.22. The summed E-state index contributed by atoms with van der Waals surface area (Å²) in [7, 11) is 0. The quantitative estimate of drug-likeness (QED) is 0.110. The molecule has 1 atom stereocenters. The van der Waals surface area contributed by atoms with Gasteiger partial charge in [0.2, 0.25) is 0 Å². The van der Waals surface area contributed by atoms with Crippen molar-refractivity contribution in [2.24, 2.45) is 0 Å². The molecule has 2 heteroatoms. The van der Waals surface area contributed by atoms with E-state index in [1.54, 1.807) is 0 Å². The van der Waals surface area contributed by atoms with Crippen molar-refractivity contribution >= 4 is 0 Å². The molecule has 1 heterocycles. The maximum Gasteiger partial charge on any atom is 0.262 e. The van der Waals surface area contributed by atoms with Gasteiger partial charge in [-0.2, -0.15) is 4.57 Å². The minimum Gasteiger partial charge on any atom is -0.247 e. The standard InChI is InChI=1S/C34H58N2/c1-3-5-7-9-10-11-12-13-14-15-16-17-18-19-20-23-27-32(26-22-8-6-4-2)34-35-30-31-36(34)33-28-24-21-25-29-33/h21,24-25,28-32H,3-20,22-23,26-27H2,1-2H3/p+1/t32-/m0/s1. The largest absolute Gasteiger partial charge is 0.262 e. The molecule has 0 fully saturated rings. The summed E-state index contributed by atoms with van der Waals surface area (Å²) < 4.78 is 2.39. The van der Waals surface area contributed by atoms with Gasteiger partial charge in [-0.05, 0) is 25.0 Å². The smallest absolute Gasteiger partial charge is 0.247 e. The molecule has 0 aliphatic heterocycles. The van der Waals surface area contributed by atoms with Crippen molar-refractivity contribution in [1.29, 1.82) is 0 Å². The van der Waals surface area contributed by atoms with Crippen LogP contribution in [0.15, 0.2) is 42.7 Å². The molecule has 204 valence electrons. The number of unbranched alkanes of at least 4 members (excludes halogenated alkanes) is 18. The third-order valence-electron chi connectivity index (χ3n) is 7.95. The van der Waals surface area contributed by atoms with Gasteiger partial charge in [0.15, 0.2) is 0 Å². The number of hydrogen-bond acceptors (Lipinski definition) is 0. The van der Waals surface area contributed by atoms with Crippen LogP contribution in [0.1, 0.15) is 167 Å². The summed E-state index contributed by atoms with van der Waals surface area (Å²) in [6.07, 6.45) is 35.4. The van der Waals surface area contributed by atoms with E-state index in [9.17, 15) is 0 Å². The van der Waals surface area contributed by atoms with Crippen molar-refractivity contribution in [3.63, 3.8) is 0 Å². The summed E-state index contributed by atoms with van der Waals surface area (Å²) >= 11 is 0. The summed E-state index contributed by atoms with van der Waals surface area (Å²) in [6, 6.07) is 10.8. The summed E-state index contributed by atoms with van der Waals surface area (Å²) in [6.45, 7) is 4.61. The van der Waals surface area contributed by atoms with Crippen molar-refractivity contribution in [2.45, 2.75) is 161 Å². The molecular weight excluding hydrogens is 436 g/mol. The molecule has 36 heavy (non-hydrogen) atoms. The highest BCUT2D eigenvalue weighted by Gasteiger charge is 2.23. The summed E-state index contributed by atoms with van der Waals surface area (Å²) in [5, 5.41) is 0. The zero-order chi connectivity index (χ0) is 25.5. The number of nitrogens with zero attached hydrogens (tertiary/aromatic N) is 1. The predicted molar refractivity (Wildman–Crippen MR) is 158 cm³/mol. The lowest BCUT2D eigenvalue weighted by Gasteiger charge is -2.14. The maximum absolute atomic E-state index is 3.61. The van der Waals surface area contributed by atoms with Crippen LogP contribution in [0.2, 0.25) is 0 Å². The molecule has 1 aromatic carbocycles. The zero-order valence-electron chi connectivity index (χ0n) is 24.1. The van der Waals surface area contributed by atoms with Crippen LogP contribution >= 0.6 is 0 Å². The van der Waals surface area contributed by atoms with Crippen LogP contribution < -0.4 is 4.57 Å². The molecule has 0 unspecified atom stereocenters. The molecule has 0 saturated heterocycles. The van der Waals surface area contributed by atoms with Crippen molar-refractivity contribution < 1.29 is 4.57 Å².